The Morgan fingerprint density at radius 1 is 1.59 bits per heavy atom. The van der Waals surface area contributed by atoms with Gasteiger partial charge in [-0.05, 0) is 19.3 Å². The highest BCUT2D eigenvalue weighted by Crippen LogP contribution is 2.24. The van der Waals surface area contributed by atoms with Gasteiger partial charge in [0.1, 0.15) is 0 Å². The third-order valence-electron chi connectivity index (χ3n) is 2.93. The number of aryl methyl sites for hydroxylation is 1. The number of nitrogens with zero attached hydrogens (tertiary/aromatic N) is 2. The minimum atomic E-state index is -0.975. The summed E-state index contributed by atoms with van der Waals surface area (Å²) in [4.78, 5) is 21.9. The molecule has 0 saturated heterocycles. The van der Waals surface area contributed by atoms with Gasteiger partial charge < -0.3 is 5.11 Å². The van der Waals surface area contributed by atoms with Crippen LogP contribution in [0.3, 0.4) is 0 Å². The van der Waals surface area contributed by atoms with Crippen LogP contribution in [0.25, 0.3) is 0 Å². The number of hydrogen-bond donors (Lipinski definition) is 1. The second-order valence-corrected chi connectivity index (χ2v) is 4.11. The van der Waals surface area contributed by atoms with Gasteiger partial charge >= 0.3 is 11.7 Å². The number of carboxylic acids is 1. The predicted octanol–water partition coefficient (Wildman–Crippen LogP) is 1.13. The van der Waals surface area contributed by atoms with Gasteiger partial charge in [-0.2, -0.15) is 0 Å². The van der Waals surface area contributed by atoms with E-state index >= 15 is 0 Å². The molecule has 2 heterocycles. The lowest BCUT2D eigenvalue weighted by atomic mass is 10.1. The van der Waals surface area contributed by atoms with E-state index in [-0.39, 0.29) is 6.04 Å². The molecule has 6 nitrogen and oxygen atoms in total. The molecular formula is C11H14N2O4. The van der Waals surface area contributed by atoms with Gasteiger partial charge in [0.15, 0.2) is 5.82 Å². The van der Waals surface area contributed by atoms with Crippen molar-refractivity contribution in [1.82, 2.24) is 9.72 Å². The zero-order valence-electron chi connectivity index (χ0n) is 9.33. The van der Waals surface area contributed by atoms with E-state index in [1.807, 2.05) is 0 Å². The first kappa shape index (κ1) is 11.6. The first-order valence-corrected chi connectivity index (χ1v) is 5.65. The molecule has 0 saturated carbocycles. The van der Waals surface area contributed by atoms with Gasteiger partial charge in [0.2, 0.25) is 0 Å². The van der Waals surface area contributed by atoms with E-state index < -0.39 is 11.7 Å². The molecule has 0 aliphatic carbocycles. The smallest absolute Gasteiger partial charge is 0.441 e. The molecule has 0 spiro atoms. The van der Waals surface area contributed by atoms with E-state index in [9.17, 15) is 9.59 Å². The number of rotatable bonds is 3. The Morgan fingerprint density at radius 2 is 2.41 bits per heavy atom. The van der Waals surface area contributed by atoms with E-state index in [0.717, 1.165) is 31.8 Å². The van der Waals surface area contributed by atoms with Crippen molar-refractivity contribution in [3.8, 4) is 0 Å². The van der Waals surface area contributed by atoms with E-state index in [1.165, 1.54) is 0 Å². The van der Waals surface area contributed by atoms with Gasteiger partial charge in [0, 0.05) is 18.5 Å². The third-order valence-corrected chi connectivity index (χ3v) is 2.93. The highest BCUT2D eigenvalue weighted by molar-refractivity contribution is 5.79. The van der Waals surface area contributed by atoms with Gasteiger partial charge in [-0.25, -0.2) is 9.59 Å². The summed E-state index contributed by atoms with van der Waals surface area (Å²) in [5.74, 6) is -0.756. The molecule has 6 heteroatoms. The van der Waals surface area contributed by atoms with Crippen LogP contribution >= 0.6 is 0 Å². The normalized spacial score (nSPS) is 20.1. The van der Waals surface area contributed by atoms with Gasteiger partial charge in [0.05, 0.1) is 0 Å². The van der Waals surface area contributed by atoms with Gasteiger partial charge in [0.25, 0.3) is 0 Å². The molecule has 1 atom stereocenters. The molecular weight excluding hydrogens is 224 g/mol. The number of carbonyl (C=O) groups is 1. The summed E-state index contributed by atoms with van der Waals surface area (Å²) in [5, 5.41) is 12.3. The van der Waals surface area contributed by atoms with Crippen molar-refractivity contribution < 1.29 is 14.4 Å². The number of aromatic nitrogens is 2. The zero-order chi connectivity index (χ0) is 12.3. The summed E-state index contributed by atoms with van der Waals surface area (Å²) in [5.41, 5.74) is 0. The molecule has 1 aromatic rings. The lowest BCUT2D eigenvalue weighted by Gasteiger charge is -2.13. The predicted molar refractivity (Wildman–Crippen MR) is 58.7 cm³/mol. The Labute approximate surface area is 97.5 Å². The number of allylic oxidation sites excluding steroid dienone is 1. The average molecular weight is 238 g/mol. The highest BCUT2D eigenvalue weighted by Gasteiger charge is 2.21. The Bertz CT molecular complexity index is 486. The van der Waals surface area contributed by atoms with Gasteiger partial charge in [-0.3, -0.25) is 9.09 Å². The van der Waals surface area contributed by atoms with Gasteiger partial charge in [-0.15, -0.1) is 0 Å². The standard InChI is InChI=1S/C11H14N2O4/c14-10(15)7-3-5-8-4-1-2-6-9-12-17-11(16)13(8)9/h3,7-8H,1-2,4-6H2,(H,14,15). The fraction of sp³-hybridized carbons (Fsp3) is 0.545. The monoisotopic (exact) mass is 238 g/mol. The summed E-state index contributed by atoms with van der Waals surface area (Å²) < 4.78 is 6.20. The van der Waals surface area contributed by atoms with E-state index in [2.05, 4.69) is 9.68 Å². The minimum Gasteiger partial charge on any atom is -0.478 e. The molecule has 1 aromatic heterocycles. The summed E-state index contributed by atoms with van der Waals surface area (Å²) in [6, 6.07) is -0.0400. The molecule has 0 bridgehead atoms. The zero-order valence-corrected chi connectivity index (χ0v) is 9.33. The Hall–Kier alpha value is -1.85. The first-order chi connectivity index (χ1) is 8.18. The van der Waals surface area contributed by atoms with Crippen LogP contribution in [0.15, 0.2) is 21.5 Å². The maximum absolute atomic E-state index is 11.5. The van der Waals surface area contributed by atoms with Crippen molar-refractivity contribution in [2.24, 2.45) is 0 Å². The lowest BCUT2D eigenvalue weighted by molar-refractivity contribution is -0.131. The van der Waals surface area contributed by atoms with Crippen LogP contribution in [-0.4, -0.2) is 20.8 Å². The molecule has 0 aromatic carbocycles. The Kier molecular flexibility index (Phi) is 3.41. The molecule has 1 N–H and O–H groups in total. The lowest BCUT2D eigenvalue weighted by Crippen LogP contribution is -2.21. The van der Waals surface area contributed by atoms with E-state index in [4.69, 9.17) is 5.11 Å². The molecule has 1 aliphatic rings. The fourth-order valence-corrected chi connectivity index (χ4v) is 2.15. The summed E-state index contributed by atoms with van der Waals surface area (Å²) in [6.45, 7) is 0. The third kappa shape index (κ3) is 2.64. The summed E-state index contributed by atoms with van der Waals surface area (Å²) in [6.07, 6.45) is 6.76. The molecule has 2 rings (SSSR count). The van der Waals surface area contributed by atoms with Crippen molar-refractivity contribution in [1.29, 1.82) is 0 Å². The molecule has 17 heavy (non-hydrogen) atoms. The number of aliphatic carboxylic acids is 1. The quantitative estimate of drug-likeness (QED) is 0.798. The van der Waals surface area contributed by atoms with E-state index in [0.29, 0.717) is 12.2 Å². The largest absolute Gasteiger partial charge is 0.478 e. The maximum atomic E-state index is 11.5. The van der Waals surface area contributed by atoms with Crippen LogP contribution in [0.1, 0.15) is 37.5 Å². The van der Waals surface area contributed by atoms with Gasteiger partial charge in [-0.1, -0.05) is 17.7 Å². The van der Waals surface area contributed by atoms with Crippen molar-refractivity contribution in [2.45, 2.75) is 38.1 Å². The Morgan fingerprint density at radius 3 is 3.18 bits per heavy atom. The van der Waals surface area contributed by atoms with Crippen LogP contribution < -0.4 is 5.76 Å². The highest BCUT2D eigenvalue weighted by atomic mass is 16.5. The Balaban J connectivity index is 2.19. The topological polar surface area (TPSA) is 85.3 Å². The average Bonchev–Trinajstić information content (AvgIpc) is 2.52. The second kappa shape index (κ2) is 4.99. The number of hydrogen-bond acceptors (Lipinski definition) is 4. The second-order valence-electron chi connectivity index (χ2n) is 4.11. The van der Waals surface area contributed by atoms with Crippen molar-refractivity contribution in [3.63, 3.8) is 0 Å². The van der Waals surface area contributed by atoms with Crippen LogP contribution in [0.4, 0.5) is 0 Å². The van der Waals surface area contributed by atoms with Crippen molar-refractivity contribution in [3.05, 3.63) is 28.5 Å². The molecule has 0 fully saturated rings. The summed E-state index contributed by atoms with van der Waals surface area (Å²) >= 11 is 0. The SMILES string of the molecule is O=C(O)C=CCC1CCCCc2noc(=O)n21. The molecule has 92 valence electrons. The van der Waals surface area contributed by atoms with Crippen LogP contribution in [0, 0.1) is 0 Å². The maximum Gasteiger partial charge on any atom is 0.441 e. The van der Waals surface area contributed by atoms with Crippen molar-refractivity contribution in [2.75, 3.05) is 0 Å². The molecule has 0 radical (unpaired) electrons. The van der Waals surface area contributed by atoms with Crippen molar-refractivity contribution >= 4 is 5.97 Å². The van der Waals surface area contributed by atoms with Crippen LogP contribution in [0.2, 0.25) is 0 Å². The first-order valence-electron chi connectivity index (χ1n) is 5.65. The van der Waals surface area contributed by atoms with E-state index in [1.54, 1.807) is 10.6 Å². The number of carboxylic acid groups (broad SMARTS) is 1. The van der Waals surface area contributed by atoms with Crippen LogP contribution in [-0.2, 0) is 11.2 Å². The molecule has 0 amide bonds. The molecule has 1 unspecified atom stereocenters. The molecule has 1 aliphatic heterocycles. The summed E-state index contributed by atoms with van der Waals surface area (Å²) in [7, 11) is 0. The minimum absolute atomic E-state index is 0.0400. The van der Waals surface area contributed by atoms with Crippen LogP contribution in [0.5, 0.6) is 0 Å². The number of fused-ring (bicyclic) bond motifs is 1. The fourth-order valence-electron chi connectivity index (χ4n) is 2.15.